The summed E-state index contributed by atoms with van der Waals surface area (Å²) in [7, 11) is 0. The Morgan fingerprint density at radius 3 is 2.19 bits per heavy atom. The van der Waals surface area contributed by atoms with Gasteiger partial charge in [-0.05, 0) is 61.3 Å². The molecule has 112 valence electrons. The highest BCUT2D eigenvalue weighted by molar-refractivity contribution is 5.13. The third kappa shape index (κ3) is 2.46. The molecule has 4 aliphatic rings. The predicted molar refractivity (Wildman–Crippen MR) is 79.7 cm³/mol. The molecule has 0 amide bonds. The van der Waals surface area contributed by atoms with Crippen LogP contribution in [0.4, 0.5) is 0 Å². The van der Waals surface area contributed by atoms with Gasteiger partial charge in [0, 0.05) is 0 Å². The number of hydrogen-bond donors (Lipinski definition) is 0. The van der Waals surface area contributed by atoms with Crippen LogP contribution in [-0.4, -0.2) is 11.2 Å². The van der Waals surface area contributed by atoms with Crippen LogP contribution >= 0.6 is 0 Å². The highest BCUT2D eigenvalue weighted by atomic mass is 16.7. The summed E-state index contributed by atoms with van der Waals surface area (Å²) in [6, 6.07) is 10.2. The molecule has 0 unspecified atom stereocenters. The second kappa shape index (κ2) is 5.41. The van der Waals surface area contributed by atoms with Gasteiger partial charge in [0.2, 0.25) is 0 Å². The minimum absolute atomic E-state index is 0.207. The second-order valence-corrected chi connectivity index (χ2v) is 7.06. The Balaban J connectivity index is 1.45. The van der Waals surface area contributed by atoms with Crippen LogP contribution in [-0.2, 0) is 11.4 Å². The lowest BCUT2D eigenvalue weighted by Gasteiger charge is -2.55. The lowest BCUT2D eigenvalue weighted by molar-refractivity contribution is -0.244. The molecule has 4 nitrogen and oxygen atoms in total. The molecule has 0 radical (unpaired) electrons. The largest absolute Gasteiger partial charge is 0.249 e. The molecule has 1 aromatic carbocycles. The number of hydroxylamine groups is 1. The van der Waals surface area contributed by atoms with Crippen molar-refractivity contribution in [3.63, 3.8) is 0 Å². The molecule has 5 rings (SSSR count). The monoisotopic (exact) mass is 286 g/mol. The smallest absolute Gasteiger partial charge is 0.102 e. The third-order valence-corrected chi connectivity index (χ3v) is 5.72. The molecule has 4 aliphatic carbocycles. The van der Waals surface area contributed by atoms with E-state index in [0.29, 0.717) is 18.4 Å². The maximum absolute atomic E-state index is 11.3. The van der Waals surface area contributed by atoms with Crippen LogP contribution in [0.3, 0.4) is 0 Å². The Kier molecular flexibility index (Phi) is 3.42. The molecule has 0 N–H and O–H groups in total. The fraction of sp³-hybridized carbons (Fsp3) is 0.647. The van der Waals surface area contributed by atoms with Gasteiger partial charge >= 0.3 is 0 Å². The van der Waals surface area contributed by atoms with Gasteiger partial charge in [-0.2, -0.15) is 0 Å². The molecule has 21 heavy (non-hydrogen) atoms. The number of benzene rings is 1. The average Bonchev–Trinajstić information content (AvgIpc) is 2.50. The zero-order chi connectivity index (χ0) is 14.2. The molecule has 4 bridgehead atoms. The first-order valence-corrected chi connectivity index (χ1v) is 8.13. The van der Waals surface area contributed by atoms with Crippen LogP contribution < -0.4 is 0 Å². The topological polar surface area (TPSA) is 41.9 Å². The Morgan fingerprint density at radius 1 is 1.00 bits per heavy atom. The van der Waals surface area contributed by atoms with E-state index in [1.807, 2.05) is 30.3 Å². The van der Waals surface area contributed by atoms with E-state index in [9.17, 15) is 4.91 Å². The maximum Gasteiger partial charge on any atom is 0.102 e. The summed E-state index contributed by atoms with van der Waals surface area (Å²) >= 11 is 0. The zero-order valence-corrected chi connectivity index (χ0v) is 12.2. The zero-order valence-electron chi connectivity index (χ0n) is 12.2. The van der Waals surface area contributed by atoms with Gasteiger partial charge in [-0.1, -0.05) is 30.3 Å². The van der Waals surface area contributed by atoms with Gasteiger partial charge in [-0.3, -0.25) is 0 Å². The number of hydrogen-bond acceptors (Lipinski definition) is 3. The summed E-state index contributed by atoms with van der Waals surface area (Å²) < 4.78 is 0. The molecule has 0 atom stereocenters. The summed E-state index contributed by atoms with van der Waals surface area (Å²) in [5, 5.41) is 4.61. The summed E-state index contributed by atoms with van der Waals surface area (Å²) in [5.74, 6) is 3.00. The summed E-state index contributed by atoms with van der Waals surface area (Å²) in [4.78, 5) is 17.1. The van der Waals surface area contributed by atoms with Crippen molar-refractivity contribution in [3.05, 3.63) is 40.8 Å². The first kappa shape index (κ1) is 13.3. The normalized spacial score (nSPS) is 36.7. The maximum atomic E-state index is 11.3. The molecule has 4 heteroatoms. The lowest BCUT2D eigenvalue weighted by Crippen LogP contribution is -2.54. The van der Waals surface area contributed by atoms with Crippen molar-refractivity contribution >= 4 is 0 Å². The Labute approximate surface area is 125 Å². The summed E-state index contributed by atoms with van der Waals surface area (Å²) in [5.41, 5.74) is 1.08. The van der Waals surface area contributed by atoms with Crippen LogP contribution in [0.15, 0.2) is 35.6 Å². The van der Waals surface area contributed by atoms with Gasteiger partial charge in [-0.25, -0.2) is 4.84 Å². The summed E-state index contributed by atoms with van der Waals surface area (Å²) in [6.45, 7) is 0.426. The first-order chi connectivity index (χ1) is 10.3. The third-order valence-electron chi connectivity index (χ3n) is 5.72. The minimum Gasteiger partial charge on any atom is -0.249 e. The standard InChI is InChI=1S/C17H22N2O2/c20-18-19(21-11-12-4-2-1-3-5-12)17-15-7-13-6-14(9-15)10-16(17)8-13/h1-5,13-17H,6-11H2. The van der Waals surface area contributed by atoms with Crippen LogP contribution in [0.5, 0.6) is 0 Å². The van der Waals surface area contributed by atoms with E-state index >= 15 is 0 Å². The quantitative estimate of drug-likeness (QED) is 0.608. The van der Waals surface area contributed by atoms with Crippen molar-refractivity contribution < 1.29 is 4.84 Å². The van der Waals surface area contributed by atoms with E-state index in [1.54, 1.807) is 0 Å². The minimum atomic E-state index is 0.207. The molecule has 0 aromatic heterocycles. The van der Waals surface area contributed by atoms with Crippen molar-refractivity contribution in [2.75, 3.05) is 0 Å². The average molecular weight is 286 g/mol. The molecule has 0 spiro atoms. The molecular weight excluding hydrogens is 264 g/mol. The molecule has 0 heterocycles. The van der Waals surface area contributed by atoms with Crippen molar-refractivity contribution in [2.24, 2.45) is 29.0 Å². The van der Waals surface area contributed by atoms with Gasteiger partial charge in [-0.15, -0.1) is 10.1 Å². The van der Waals surface area contributed by atoms with E-state index in [2.05, 4.69) is 5.29 Å². The van der Waals surface area contributed by atoms with E-state index in [4.69, 9.17) is 4.84 Å². The van der Waals surface area contributed by atoms with Gasteiger partial charge in [0.25, 0.3) is 0 Å². The molecule has 1 aromatic rings. The van der Waals surface area contributed by atoms with Crippen molar-refractivity contribution in [3.8, 4) is 0 Å². The van der Waals surface area contributed by atoms with E-state index in [-0.39, 0.29) is 6.04 Å². The molecule has 0 saturated heterocycles. The fourth-order valence-electron chi connectivity index (χ4n) is 5.14. The fourth-order valence-corrected chi connectivity index (χ4v) is 5.14. The van der Waals surface area contributed by atoms with Gasteiger partial charge < -0.3 is 0 Å². The number of rotatable bonds is 5. The van der Waals surface area contributed by atoms with Crippen LogP contribution in [0.25, 0.3) is 0 Å². The lowest BCUT2D eigenvalue weighted by atomic mass is 9.54. The van der Waals surface area contributed by atoms with E-state index < -0.39 is 0 Å². The number of nitrogens with zero attached hydrogens (tertiary/aromatic N) is 2. The highest BCUT2D eigenvalue weighted by Crippen LogP contribution is 2.55. The highest BCUT2D eigenvalue weighted by Gasteiger charge is 2.51. The van der Waals surface area contributed by atoms with Gasteiger partial charge in [0.1, 0.15) is 6.61 Å². The van der Waals surface area contributed by atoms with E-state index in [1.165, 1.54) is 37.3 Å². The SMILES string of the molecule is O=NN(OCc1ccccc1)C1C2CC3CC(C2)CC1C3. The van der Waals surface area contributed by atoms with E-state index in [0.717, 1.165) is 17.4 Å². The van der Waals surface area contributed by atoms with Crippen LogP contribution in [0, 0.1) is 28.6 Å². The van der Waals surface area contributed by atoms with Crippen LogP contribution in [0.1, 0.15) is 37.7 Å². The predicted octanol–water partition coefficient (Wildman–Crippen LogP) is 3.93. The van der Waals surface area contributed by atoms with Gasteiger partial charge in [0.05, 0.1) is 11.3 Å². The van der Waals surface area contributed by atoms with Crippen molar-refractivity contribution in [1.29, 1.82) is 0 Å². The Bertz CT molecular complexity index is 477. The molecule has 0 aliphatic heterocycles. The first-order valence-electron chi connectivity index (χ1n) is 8.13. The van der Waals surface area contributed by atoms with Crippen LogP contribution in [0.2, 0.25) is 0 Å². The molecule has 4 fully saturated rings. The summed E-state index contributed by atoms with van der Waals surface area (Å²) in [6.07, 6.45) is 6.46. The van der Waals surface area contributed by atoms with Gasteiger partial charge in [0.15, 0.2) is 0 Å². The molecule has 4 saturated carbocycles. The van der Waals surface area contributed by atoms with Crippen molar-refractivity contribution in [1.82, 2.24) is 5.17 Å². The molecular formula is C17H22N2O2. The Morgan fingerprint density at radius 2 is 1.62 bits per heavy atom. The van der Waals surface area contributed by atoms with Crippen molar-refractivity contribution in [2.45, 2.75) is 44.8 Å². The second-order valence-electron chi connectivity index (χ2n) is 7.06. The number of nitroso groups, excluding NO2 is 1. The Hall–Kier alpha value is -1.42.